The maximum absolute atomic E-state index is 10.4. The van der Waals surface area contributed by atoms with Crippen LogP contribution in [0, 0.1) is 5.41 Å². The molecule has 1 aromatic rings. The fraction of sp³-hybridized carbons (Fsp3) is 0.143. The van der Waals surface area contributed by atoms with Crippen LogP contribution in [0.1, 0.15) is 11.4 Å². The lowest BCUT2D eigenvalue weighted by Crippen LogP contribution is -2.13. The second-order valence-corrected chi connectivity index (χ2v) is 2.23. The molecule has 4 heteroatoms. The van der Waals surface area contributed by atoms with Gasteiger partial charge < -0.3 is 16.1 Å². The Morgan fingerprint density at radius 2 is 2.45 bits per heavy atom. The van der Waals surface area contributed by atoms with E-state index in [9.17, 15) is 4.79 Å². The number of carbonyl (C=O) groups excluding carboxylic acids is 1. The maximum Gasteiger partial charge on any atom is 0.223 e. The van der Waals surface area contributed by atoms with E-state index in [0.717, 1.165) is 5.69 Å². The highest BCUT2D eigenvalue weighted by atomic mass is 16.1. The lowest BCUT2D eigenvalue weighted by Gasteiger charge is -1.89. The molecule has 0 spiro atoms. The number of nitrogens with one attached hydrogen (secondary N) is 2. The van der Waals surface area contributed by atoms with Crippen LogP contribution in [-0.2, 0) is 11.2 Å². The van der Waals surface area contributed by atoms with Crippen molar-refractivity contribution < 1.29 is 4.79 Å². The van der Waals surface area contributed by atoms with Gasteiger partial charge in [0, 0.05) is 11.9 Å². The molecule has 0 aliphatic heterocycles. The van der Waals surface area contributed by atoms with Crippen LogP contribution in [-0.4, -0.2) is 17.1 Å². The number of hydrogen-bond acceptors (Lipinski definition) is 2. The topological polar surface area (TPSA) is 82.7 Å². The summed E-state index contributed by atoms with van der Waals surface area (Å²) < 4.78 is 0. The van der Waals surface area contributed by atoms with Crippen LogP contribution in [0.15, 0.2) is 12.1 Å². The summed E-state index contributed by atoms with van der Waals surface area (Å²) in [6.07, 6.45) is 1.39. The van der Waals surface area contributed by atoms with Crippen molar-refractivity contribution in [3.05, 3.63) is 23.5 Å². The molecule has 0 aliphatic rings. The monoisotopic (exact) mass is 151 g/mol. The molecule has 1 rings (SSSR count). The number of carbonyl (C=O) groups is 1. The summed E-state index contributed by atoms with van der Waals surface area (Å²) in [5.41, 5.74) is 6.39. The molecule has 0 radical (unpaired) electrons. The molecular formula is C7H9N3O. The van der Waals surface area contributed by atoms with Crippen molar-refractivity contribution >= 4 is 12.1 Å². The third kappa shape index (κ3) is 1.93. The molecule has 0 aromatic carbocycles. The van der Waals surface area contributed by atoms with Crippen LogP contribution in [0.4, 0.5) is 0 Å². The van der Waals surface area contributed by atoms with Crippen LogP contribution < -0.4 is 5.73 Å². The molecule has 1 amide bonds. The highest BCUT2D eigenvalue weighted by molar-refractivity contribution is 5.78. The molecule has 0 bridgehead atoms. The van der Waals surface area contributed by atoms with Crippen LogP contribution in [0.3, 0.4) is 0 Å². The predicted molar refractivity (Wildman–Crippen MR) is 41.6 cm³/mol. The summed E-state index contributed by atoms with van der Waals surface area (Å²) in [7, 11) is 0. The largest absolute Gasteiger partial charge is 0.369 e. The third-order valence-electron chi connectivity index (χ3n) is 1.29. The molecule has 0 unspecified atom stereocenters. The second kappa shape index (κ2) is 3.01. The summed E-state index contributed by atoms with van der Waals surface area (Å²) in [6.45, 7) is 0. The molecule has 0 saturated heterocycles. The molecule has 11 heavy (non-hydrogen) atoms. The van der Waals surface area contributed by atoms with Gasteiger partial charge in [-0.15, -0.1) is 0 Å². The van der Waals surface area contributed by atoms with Crippen LogP contribution >= 0.6 is 0 Å². The molecule has 4 N–H and O–H groups in total. The van der Waals surface area contributed by atoms with Gasteiger partial charge in [-0.05, 0) is 12.1 Å². The first-order valence-electron chi connectivity index (χ1n) is 3.19. The molecule has 0 atom stereocenters. The predicted octanol–water partition coefficient (Wildman–Crippen LogP) is 0.0402. The summed E-state index contributed by atoms with van der Waals surface area (Å²) in [5, 5.41) is 6.87. The van der Waals surface area contributed by atoms with Crippen molar-refractivity contribution in [3.8, 4) is 0 Å². The van der Waals surface area contributed by atoms with Gasteiger partial charge in [-0.3, -0.25) is 4.79 Å². The van der Waals surface area contributed by atoms with Crippen LogP contribution in [0.2, 0.25) is 0 Å². The number of hydrogen-bond donors (Lipinski definition) is 3. The molecule has 0 aliphatic carbocycles. The molecule has 0 saturated carbocycles. The number of primary amides is 1. The molecule has 1 aromatic heterocycles. The lowest BCUT2D eigenvalue weighted by atomic mass is 10.3. The smallest absolute Gasteiger partial charge is 0.223 e. The van der Waals surface area contributed by atoms with Gasteiger partial charge in [0.15, 0.2) is 0 Å². The van der Waals surface area contributed by atoms with E-state index < -0.39 is 0 Å². The van der Waals surface area contributed by atoms with Gasteiger partial charge in [-0.2, -0.15) is 0 Å². The molecule has 4 nitrogen and oxygen atoms in total. The number of H-pyrrole nitrogens is 1. The minimum absolute atomic E-state index is 0.202. The van der Waals surface area contributed by atoms with Crippen molar-refractivity contribution in [1.29, 1.82) is 5.41 Å². The zero-order valence-corrected chi connectivity index (χ0v) is 5.92. The Hall–Kier alpha value is -1.58. The van der Waals surface area contributed by atoms with Gasteiger partial charge in [0.1, 0.15) is 0 Å². The maximum atomic E-state index is 10.4. The zero-order chi connectivity index (χ0) is 8.27. The minimum atomic E-state index is -0.372. The average molecular weight is 151 g/mol. The lowest BCUT2D eigenvalue weighted by molar-refractivity contribution is -0.117. The Kier molecular flexibility index (Phi) is 2.06. The first-order chi connectivity index (χ1) is 5.22. The summed E-state index contributed by atoms with van der Waals surface area (Å²) >= 11 is 0. The Balaban J connectivity index is 2.72. The number of nitrogens with two attached hydrogens (primary N) is 1. The number of rotatable bonds is 3. The summed E-state index contributed by atoms with van der Waals surface area (Å²) in [5.74, 6) is -0.372. The third-order valence-corrected chi connectivity index (χ3v) is 1.29. The highest BCUT2D eigenvalue weighted by Crippen LogP contribution is 1.99. The Morgan fingerprint density at radius 3 is 2.91 bits per heavy atom. The first kappa shape index (κ1) is 7.53. The van der Waals surface area contributed by atoms with E-state index in [0.29, 0.717) is 5.69 Å². The Labute approximate surface area is 63.9 Å². The van der Waals surface area contributed by atoms with Crippen LogP contribution in [0.5, 0.6) is 0 Å². The molecular weight excluding hydrogens is 142 g/mol. The van der Waals surface area contributed by atoms with Gasteiger partial charge >= 0.3 is 0 Å². The van der Waals surface area contributed by atoms with Crippen molar-refractivity contribution in [2.24, 2.45) is 5.73 Å². The number of aromatic amines is 1. The van der Waals surface area contributed by atoms with Crippen molar-refractivity contribution in [3.63, 3.8) is 0 Å². The minimum Gasteiger partial charge on any atom is -0.369 e. The number of aromatic nitrogens is 1. The normalized spacial score (nSPS) is 9.45. The second-order valence-electron chi connectivity index (χ2n) is 2.23. The average Bonchev–Trinajstić information content (AvgIpc) is 2.34. The van der Waals surface area contributed by atoms with Gasteiger partial charge in [-0.25, -0.2) is 0 Å². The van der Waals surface area contributed by atoms with Gasteiger partial charge in [0.2, 0.25) is 5.91 Å². The molecule has 1 heterocycles. The number of amides is 1. The molecule has 58 valence electrons. The van der Waals surface area contributed by atoms with Crippen LogP contribution in [0.25, 0.3) is 0 Å². The van der Waals surface area contributed by atoms with Crippen molar-refractivity contribution in [2.75, 3.05) is 0 Å². The van der Waals surface area contributed by atoms with E-state index in [1.54, 1.807) is 12.1 Å². The van der Waals surface area contributed by atoms with Gasteiger partial charge in [-0.1, -0.05) is 0 Å². The highest BCUT2D eigenvalue weighted by Gasteiger charge is 1.99. The van der Waals surface area contributed by atoms with Crippen molar-refractivity contribution in [1.82, 2.24) is 4.98 Å². The van der Waals surface area contributed by atoms with E-state index in [-0.39, 0.29) is 12.3 Å². The molecule has 0 fully saturated rings. The van der Waals surface area contributed by atoms with E-state index in [2.05, 4.69) is 4.98 Å². The summed E-state index contributed by atoms with van der Waals surface area (Å²) in [4.78, 5) is 13.3. The van der Waals surface area contributed by atoms with E-state index in [4.69, 9.17) is 11.1 Å². The Morgan fingerprint density at radius 1 is 1.73 bits per heavy atom. The van der Waals surface area contributed by atoms with Gasteiger partial charge in [0.25, 0.3) is 0 Å². The quantitative estimate of drug-likeness (QED) is 0.523. The van der Waals surface area contributed by atoms with Crippen molar-refractivity contribution in [2.45, 2.75) is 6.42 Å². The zero-order valence-electron chi connectivity index (χ0n) is 5.92. The van der Waals surface area contributed by atoms with Gasteiger partial charge in [0.05, 0.1) is 12.1 Å². The van der Waals surface area contributed by atoms with E-state index >= 15 is 0 Å². The SMILES string of the molecule is N=Cc1ccc(CC(N)=O)[nH]1. The fourth-order valence-corrected chi connectivity index (χ4v) is 0.834. The summed E-state index contributed by atoms with van der Waals surface area (Å²) in [6, 6.07) is 3.47. The van der Waals surface area contributed by atoms with E-state index in [1.165, 1.54) is 6.21 Å². The first-order valence-corrected chi connectivity index (χ1v) is 3.19. The standard InChI is InChI=1S/C7H9N3O/c8-4-6-2-1-5(10-6)3-7(9)11/h1-2,4,8,10H,3H2,(H2,9,11). The fourth-order valence-electron chi connectivity index (χ4n) is 0.834. The van der Waals surface area contributed by atoms with E-state index in [1.807, 2.05) is 0 Å². The Bertz CT molecular complexity index is 277.